The molecule has 216 valence electrons. The van der Waals surface area contributed by atoms with E-state index in [1.807, 2.05) is 5.10 Å². The molecule has 5 rings (SSSR count). The number of H-pyrrole nitrogens is 1. The highest BCUT2D eigenvalue weighted by molar-refractivity contribution is 5.86. The lowest BCUT2D eigenvalue weighted by atomic mass is 9.85. The Morgan fingerprint density at radius 3 is 2.66 bits per heavy atom. The van der Waals surface area contributed by atoms with E-state index >= 15 is 4.39 Å². The molecule has 3 aromatic heterocycles. The molecule has 0 unspecified atom stereocenters. The van der Waals surface area contributed by atoms with Gasteiger partial charge in [-0.05, 0) is 48.8 Å². The second-order valence-corrected chi connectivity index (χ2v) is 9.87. The first-order chi connectivity index (χ1) is 19.6. The topological polar surface area (TPSA) is 135 Å². The van der Waals surface area contributed by atoms with Gasteiger partial charge in [-0.15, -0.1) is 0 Å². The molecule has 3 heterocycles. The summed E-state index contributed by atoms with van der Waals surface area (Å²) >= 11 is 0. The van der Waals surface area contributed by atoms with Gasteiger partial charge in [0.1, 0.15) is 18.0 Å². The van der Waals surface area contributed by atoms with E-state index in [1.165, 1.54) is 23.0 Å². The van der Waals surface area contributed by atoms with Crippen LogP contribution in [0.25, 0.3) is 22.2 Å². The van der Waals surface area contributed by atoms with Crippen molar-refractivity contribution >= 4 is 16.5 Å². The molecule has 0 spiro atoms. The number of halogens is 4. The quantitative estimate of drug-likeness (QED) is 0.271. The Hall–Kier alpha value is -4.33. The Morgan fingerprint density at radius 1 is 1.15 bits per heavy atom. The first-order valence-electron chi connectivity index (χ1n) is 12.9. The minimum Gasteiger partial charge on any atom is -0.488 e. The number of hydrogen-bond donors (Lipinski definition) is 3. The zero-order valence-electron chi connectivity index (χ0n) is 21.6. The molecule has 1 aromatic carbocycles. The van der Waals surface area contributed by atoms with Gasteiger partial charge in [-0.2, -0.15) is 18.3 Å². The van der Waals surface area contributed by atoms with E-state index in [-0.39, 0.29) is 47.6 Å². The number of hydrogen-bond acceptors (Lipinski definition) is 8. The largest absolute Gasteiger partial charge is 0.488 e. The molecule has 0 radical (unpaired) electrons. The van der Waals surface area contributed by atoms with Gasteiger partial charge in [0.2, 0.25) is 0 Å². The van der Waals surface area contributed by atoms with Crippen LogP contribution in [-0.2, 0) is 12.7 Å². The van der Waals surface area contributed by atoms with E-state index < -0.39 is 28.7 Å². The third kappa shape index (κ3) is 6.21. The molecule has 1 fully saturated rings. The van der Waals surface area contributed by atoms with E-state index in [9.17, 15) is 22.8 Å². The standard InChI is InChI=1S/C27H26F4N6O4/c28-21-10-19-16(9-20(21)24-32-11-18(12-33-24)41-7-6-38)4-5-37(26(19)40)14-15-2-1-3-17(8-15)35-22-13-34-36-25(39)23(22)27(29,30)31/h4-5,9-13,15,17,38H,1-3,6-8,14H2,(H2,35,36,39)/t15-,17+/m1/s1. The van der Waals surface area contributed by atoms with Gasteiger partial charge < -0.3 is 19.7 Å². The summed E-state index contributed by atoms with van der Waals surface area (Å²) in [6, 6.07) is 3.98. The predicted molar refractivity (Wildman–Crippen MR) is 141 cm³/mol. The minimum absolute atomic E-state index is 0.0372. The lowest BCUT2D eigenvalue weighted by molar-refractivity contribution is -0.138. The van der Waals surface area contributed by atoms with Gasteiger partial charge in [-0.1, -0.05) is 6.42 Å². The molecule has 0 bridgehead atoms. The van der Waals surface area contributed by atoms with E-state index in [1.54, 1.807) is 12.3 Å². The Bertz CT molecular complexity index is 1660. The molecule has 1 aliphatic rings. The zero-order chi connectivity index (χ0) is 29.1. The highest BCUT2D eigenvalue weighted by Crippen LogP contribution is 2.34. The number of alkyl halides is 3. The number of ether oxygens (including phenoxy) is 1. The number of fused-ring (bicyclic) bond motifs is 1. The van der Waals surface area contributed by atoms with E-state index in [0.717, 1.165) is 18.7 Å². The minimum atomic E-state index is -4.84. The maximum Gasteiger partial charge on any atom is 0.423 e. The summed E-state index contributed by atoms with van der Waals surface area (Å²) in [7, 11) is 0. The van der Waals surface area contributed by atoms with Crippen molar-refractivity contribution in [2.45, 2.75) is 44.4 Å². The Labute approximate surface area is 230 Å². The molecule has 3 N–H and O–H groups in total. The fourth-order valence-electron chi connectivity index (χ4n) is 5.19. The highest BCUT2D eigenvalue weighted by atomic mass is 19.4. The van der Waals surface area contributed by atoms with Crippen LogP contribution in [0.3, 0.4) is 0 Å². The van der Waals surface area contributed by atoms with Gasteiger partial charge in [0, 0.05) is 18.8 Å². The van der Waals surface area contributed by atoms with Crippen LogP contribution in [0.15, 0.2) is 52.6 Å². The third-order valence-corrected chi connectivity index (χ3v) is 7.03. The molecular weight excluding hydrogens is 548 g/mol. The fraction of sp³-hybridized carbons (Fsp3) is 0.370. The number of nitrogens with one attached hydrogen (secondary N) is 2. The second kappa shape index (κ2) is 11.6. The summed E-state index contributed by atoms with van der Waals surface area (Å²) in [5.41, 5.74) is -3.30. The number of benzene rings is 1. The number of aliphatic hydroxyl groups is 1. The van der Waals surface area contributed by atoms with Gasteiger partial charge in [-0.3, -0.25) is 9.59 Å². The first-order valence-corrected chi connectivity index (χ1v) is 12.9. The monoisotopic (exact) mass is 574 g/mol. The van der Waals surface area contributed by atoms with E-state index in [4.69, 9.17) is 9.84 Å². The number of aromatic amines is 1. The molecule has 0 aliphatic heterocycles. The van der Waals surface area contributed by atoms with Crippen LogP contribution in [0.2, 0.25) is 0 Å². The van der Waals surface area contributed by atoms with Crippen molar-refractivity contribution in [3.8, 4) is 17.1 Å². The third-order valence-electron chi connectivity index (χ3n) is 7.03. The summed E-state index contributed by atoms with van der Waals surface area (Å²) in [5, 5.41) is 17.7. The van der Waals surface area contributed by atoms with Crippen molar-refractivity contribution in [1.82, 2.24) is 24.7 Å². The van der Waals surface area contributed by atoms with Crippen molar-refractivity contribution < 1.29 is 27.4 Å². The van der Waals surface area contributed by atoms with E-state index in [2.05, 4.69) is 20.4 Å². The molecule has 1 saturated carbocycles. The summed E-state index contributed by atoms with van der Waals surface area (Å²) in [4.78, 5) is 33.3. The van der Waals surface area contributed by atoms with Crippen molar-refractivity contribution in [2.24, 2.45) is 5.92 Å². The zero-order valence-corrected chi connectivity index (χ0v) is 21.6. The van der Waals surface area contributed by atoms with Gasteiger partial charge in [-0.25, -0.2) is 19.5 Å². The average molecular weight is 575 g/mol. The summed E-state index contributed by atoms with van der Waals surface area (Å²) < 4.78 is 62.1. The number of aromatic nitrogens is 5. The molecule has 2 atom stereocenters. The van der Waals surface area contributed by atoms with Crippen LogP contribution in [0, 0.1) is 11.7 Å². The van der Waals surface area contributed by atoms with Crippen molar-refractivity contribution in [3.05, 3.63) is 75.1 Å². The lowest BCUT2D eigenvalue weighted by Gasteiger charge is -2.31. The lowest BCUT2D eigenvalue weighted by Crippen LogP contribution is -2.33. The Kier molecular flexibility index (Phi) is 8.01. The van der Waals surface area contributed by atoms with Crippen LogP contribution < -0.4 is 21.2 Å². The summed E-state index contributed by atoms with van der Waals surface area (Å²) in [6.45, 7) is 0.198. The Morgan fingerprint density at radius 2 is 1.93 bits per heavy atom. The maximum atomic E-state index is 15.1. The summed E-state index contributed by atoms with van der Waals surface area (Å²) in [6.07, 6.45) is 2.98. The number of aliphatic hydroxyl groups excluding tert-OH is 1. The highest BCUT2D eigenvalue weighted by Gasteiger charge is 2.38. The smallest absolute Gasteiger partial charge is 0.423 e. The number of nitrogens with zero attached hydrogens (tertiary/aromatic N) is 4. The predicted octanol–water partition coefficient (Wildman–Crippen LogP) is 3.74. The number of anilines is 1. The molecule has 1 aliphatic carbocycles. The van der Waals surface area contributed by atoms with Crippen molar-refractivity contribution in [3.63, 3.8) is 0 Å². The van der Waals surface area contributed by atoms with Crippen LogP contribution >= 0.6 is 0 Å². The van der Waals surface area contributed by atoms with Crippen LogP contribution in [0.5, 0.6) is 5.75 Å². The Balaban J connectivity index is 1.33. The number of pyridine rings is 1. The van der Waals surface area contributed by atoms with Crippen LogP contribution in [-0.4, -0.2) is 49.1 Å². The average Bonchev–Trinajstić information content (AvgIpc) is 2.93. The molecule has 0 saturated heterocycles. The van der Waals surface area contributed by atoms with Crippen molar-refractivity contribution in [2.75, 3.05) is 18.5 Å². The molecule has 0 amide bonds. The molecular formula is C27H26F4N6O4. The SMILES string of the molecule is O=c1[nH]ncc(N[C@H]2CCC[C@@H](Cn3ccc4cc(-c5ncc(OCCO)cn5)c(F)cc4c3=O)C2)c1C(F)(F)F. The molecule has 14 heteroatoms. The van der Waals surface area contributed by atoms with Crippen molar-refractivity contribution in [1.29, 1.82) is 0 Å². The van der Waals surface area contributed by atoms with E-state index in [0.29, 0.717) is 36.9 Å². The molecule has 4 aromatic rings. The summed E-state index contributed by atoms with van der Waals surface area (Å²) in [5.74, 6) is -0.285. The van der Waals surface area contributed by atoms with Gasteiger partial charge >= 0.3 is 6.18 Å². The van der Waals surface area contributed by atoms with Crippen LogP contribution in [0.1, 0.15) is 31.2 Å². The van der Waals surface area contributed by atoms with Crippen LogP contribution in [0.4, 0.5) is 23.2 Å². The normalized spacial score (nSPS) is 17.5. The van der Waals surface area contributed by atoms with Gasteiger partial charge in [0.25, 0.3) is 11.1 Å². The first kappa shape index (κ1) is 28.2. The maximum absolute atomic E-state index is 15.1. The van der Waals surface area contributed by atoms with Gasteiger partial charge in [0.05, 0.1) is 41.8 Å². The van der Waals surface area contributed by atoms with Gasteiger partial charge in [0.15, 0.2) is 11.6 Å². The molecule has 41 heavy (non-hydrogen) atoms. The molecule has 10 nitrogen and oxygen atoms in total. The second-order valence-electron chi connectivity index (χ2n) is 9.87. The fourth-order valence-corrected chi connectivity index (χ4v) is 5.19. The number of rotatable bonds is 8.